The zero-order valence-electron chi connectivity index (χ0n) is 20.9. The van der Waals surface area contributed by atoms with Crippen molar-refractivity contribution in [3.63, 3.8) is 0 Å². The SMILES string of the molecule is CC(C)(O)C#Cc1cnc2c(c1)[C@]1(COC(N)=N1)c1cc(OS(=O)(=O)C(F)(F)C(F)(F)C(F)(F)C(F)(F)F)ccc1O2. The molecule has 2 aliphatic rings. The number of hydrogen-bond acceptors (Lipinski definition) is 9. The minimum atomic E-state index is -7.49. The number of hydrogen-bond donors (Lipinski definition) is 2. The lowest BCUT2D eigenvalue weighted by atomic mass is 9.82. The molecule has 9 nitrogen and oxygen atoms in total. The largest absolute Gasteiger partial charge is 0.462 e. The number of aromatic nitrogens is 1. The quantitative estimate of drug-likeness (QED) is 0.287. The number of nitrogens with zero attached hydrogens (tertiary/aromatic N) is 2. The Bertz CT molecular complexity index is 1640. The minimum absolute atomic E-state index is 0.0553. The predicted octanol–water partition coefficient (Wildman–Crippen LogP) is 4.03. The van der Waals surface area contributed by atoms with Gasteiger partial charge in [0, 0.05) is 17.3 Å². The van der Waals surface area contributed by atoms with Crippen molar-refractivity contribution in [3.8, 4) is 29.2 Å². The molecule has 0 radical (unpaired) electrons. The van der Waals surface area contributed by atoms with E-state index in [4.69, 9.17) is 15.2 Å². The molecule has 2 aliphatic heterocycles. The van der Waals surface area contributed by atoms with Gasteiger partial charge in [-0.3, -0.25) is 0 Å². The molecule has 0 saturated carbocycles. The van der Waals surface area contributed by atoms with E-state index in [9.17, 15) is 53.0 Å². The second kappa shape index (κ2) is 9.29. The predicted molar refractivity (Wildman–Crippen MR) is 123 cm³/mol. The Kier molecular flexibility index (Phi) is 6.86. The number of amidine groups is 1. The summed E-state index contributed by atoms with van der Waals surface area (Å²) in [6, 6.07) is 2.98. The highest BCUT2D eigenvalue weighted by molar-refractivity contribution is 7.88. The zero-order chi connectivity index (χ0) is 31.7. The maximum Gasteiger partial charge on any atom is 0.460 e. The summed E-state index contributed by atoms with van der Waals surface area (Å²) >= 11 is 0. The van der Waals surface area contributed by atoms with Gasteiger partial charge in [0.15, 0.2) is 5.54 Å². The van der Waals surface area contributed by atoms with E-state index in [1.165, 1.54) is 26.1 Å². The van der Waals surface area contributed by atoms with Crippen molar-refractivity contribution in [1.82, 2.24) is 4.98 Å². The van der Waals surface area contributed by atoms with Gasteiger partial charge in [-0.2, -0.15) is 47.9 Å². The highest BCUT2D eigenvalue weighted by atomic mass is 32.2. The maximum absolute atomic E-state index is 14.2. The summed E-state index contributed by atoms with van der Waals surface area (Å²) in [6.45, 7) is 2.33. The summed E-state index contributed by atoms with van der Waals surface area (Å²) < 4.78 is 159. The van der Waals surface area contributed by atoms with Crippen LogP contribution in [0, 0.1) is 11.8 Å². The number of fused-ring (bicyclic) bond motifs is 4. The summed E-state index contributed by atoms with van der Waals surface area (Å²) in [6.07, 6.45) is -5.99. The van der Waals surface area contributed by atoms with Crippen LogP contribution >= 0.6 is 0 Å². The lowest BCUT2D eigenvalue weighted by molar-refractivity contribution is -0.382. The first-order valence-corrected chi connectivity index (χ1v) is 12.6. The molecule has 1 aromatic heterocycles. The van der Waals surface area contributed by atoms with Crippen molar-refractivity contribution in [2.24, 2.45) is 10.7 Å². The summed E-state index contributed by atoms with van der Waals surface area (Å²) in [4.78, 5) is 8.26. The number of pyridine rings is 1. The first kappa shape index (κ1) is 31.0. The second-order valence-electron chi connectivity index (χ2n) is 9.45. The molecule has 1 spiro atoms. The third-order valence-corrected chi connectivity index (χ3v) is 7.07. The van der Waals surface area contributed by atoms with Crippen LogP contribution in [0.4, 0.5) is 39.5 Å². The fraction of sp³-hybridized carbons (Fsp3) is 0.391. The molecule has 0 bridgehead atoms. The van der Waals surface area contributed by atoms with Crippen molar-refractivity contribution >= 4 is 16.1 Å². The van der Waals surface area contributed by atoms with Crippen LogP contribution in [0.5, 0.6) is 17.4 Å². The van der Waals surface area contributed by atoms with E-state index in [0.717, 1.165) is 6.07 Å². The summed E-state index contributed by atoms with van der Waals surface area (Å²) in [5, 5.41) is 2.79. The smallest absolute Gasteiger partial charge is 0.460 e. The average molecular weight is 633 g/mol. The number of aliphatic imine (C=N–C) groups is 1. The van der Waals surface area contributed by atoms with Gasteiger partial charge in [-0.25, -0.2) is 9.98 Å². The molecule has 3 N–H and O–H groups in total. The van der Waals surface area contributed by atoms with E-state index in [1.807, 2.05) is 0 Å². The van der Waals surface area contributed by atoms with Crippen molar-refractivity contribution in [3.05, 3.63) is 47.2 Å². The number of halogens is 9. The van der Waals surface area contributed by atoms with Gasteiger partial charge in [0.2, 0.25) is 5.88 Å². The molecule has 0 amide bonds. The molecule has 19 heteroatoms. The van der Waals surface area contributed by atoms with Crippen LogP contribution in [0.2, 0.25) is 0 Å². The number of benzene rings is 1. The van der Waals surface area contributed by atoms with Crippen LogP contribution in [0.3, 0.4) is 0 Å². The van der Waals surface area contributed by atoms with Gasteiger partial charge in [0.05, 0.1) is 5.56 Å². The highest BCUT2D eigenvalue weighted by Crippen LogP contribution is 2.56. The van der Waals surface area contributed by atoms with Crippen molar-refractivity contribution < 1.29 is 66.7 Å². The lowest BCUT2D eigenvalue weighted by Gasteiger charge is -2.33. The lowest BCUT2D eigenvalue weighted by Crippen LogP contribution is -2.63. The molecular weight excluding hydrogens is 617 g/mol. The standard InChI is InChI=1S/C23H16F9N3O6S/c1-18(2,36)6-5-11-7-14-16(34-9-11)40-15-4-3-12(8-13(15)19(14)10-39-17(33)35-19)41-42(37,38)23(31,32)21(26,27)20(24,25)22(28,29)30/h3-4,7-9,36H,10H2,1-2H3,(H2,33,35)/t19-/m0/s1. The van der Waals surface area contributed by atoms with Gasteiger partial charge in [0.1, 0.15) is 23.7 Å². The highest BCUT2D eigenvalue weighted by Gasteiger charge is 2.86. The van der Waals surface area contributed by atoms with Crippen LogP contribution in [0.25, 0.3) is 0 Å². The number of nitrogens with two attached hydrogens (primary N) is 1. The number of ether oxygens (including phenoxy) is 2. The van der Waals surface area contributed by atoms with Crippen LogP contribution in [0.15, 0.2) is 35.5 Å². The van der Waals surface area contributed by atoms with E-state index in [2.05, 4.69) is 26.0 Å². The van der Waals surface area contributed by atoms with Crippen molar-refractivity contribution in [2.45, 2.75) is 48.3 Å². The molecule has 0 unspecified atom stereocenters. The number of aliphatic hydroxyl groups is 1. The van der Waals surface area contributed by atoms with Gasteiger partial charge < -0.3 is 24.5 Å². The average Bonchev–Trinajstić information content (AvgIpc) is 3.24. The Hall–Kier alpha value is -3.92. The zero-order valence-corrected chi connectivity index (χ0v) is 21.7. The Balaban J connectivity index is 1.79. The molecule has 0 aliphatic carbocycles. The Morgan fingerprint density at radius 2 is 1.67 bits per heavy atom. The van der Waals surface area contributed by atoms with Gasteiger partial charge >= 0.3 is 33.4 Å². The third-order valence-electron chi connectivity index (χ3n) is 5.78. The summed E-state index contributed by atoms with van der Waals surface area (Å²) in [5.74, 6) is -11.3. The number of rotatable bonds is 5. The van der Waals surface area contributed by atoms with E-state index < -0.39 is 62.9 Å². The van der Waals surface area contributed by atoms with Gasteiger partial charge in [-0.05, 0) is 38.1 Å². The fourth-order valence-electron chi connectivity index (χ4n) is 3.75. The molecule has 42 heavy (non-hydrogen) atoms. The van der Waals surface area contributed by atoms with E-state index in [1.54, 1.807) is 0 Å². The fourth-order valence-corrected chi connectivity index (χ4v) is 4.65. The first-order valence-electron chi connectivity index (χ1n) is 11.2. The normalized spacial score (nSPS) is 19.1. The van der Waals surface area contributed by atoms with Crippen molar-refractivity contribution in [2.75, 3.05) is 6.61 Å². The Morgan fingerprint density at radius 3 is 2.21 bits per heavy atom. The minimum Gasteiger partial charge on any atom is -0.462 e. The van der Waals surface area contributed by atoms with Gasteiger partial charge in [-0.1, -0.05) is 11.8 Å². The molecule has 0 saturated heterocycles. The Morgan fingerprint density at radius 1 is 1.02 bits per heavy atom. The van der Waals surface area contributed by atoms with Gasteiger partial charge in [-0.15, -0.1) is 0 Å². The molecular formula is C23H16F9N3O6S. The third kappa shape index (κ3) is 4.81. The molecule has 1 aromatic carbocycles. The maximum atomic E-state index is 14.2. The van der Waals surface area contributed by atoms with E-state index in [-0.39, 0.29) is 28.3 Å². The molecule has 3 heterocycles. The van der Waals surface area contributed by atoms with Crippen LogP contribution < -0.4 is 14.7 Å². The Labute approximate surface area is 230 Å². The summed E-state index contributed by atoms with van der Waals surface area (Å²) in [7, 11) is -7.23. The molecule has 4 rings (SSSR count). The molecule has 0 fully saturated rings. The monoisotopic (exact) mass is 633 g/mol. The van der Waals surface area contributed by atoms with Crippen LogP contribution in [-0.4, -0.2) is 60.0 Å². The van der Waals surface area contributed by atoms with Crippen LogP contribution in [0.1, 0.15) is 30.5 Å². The molecule has 1 atom stereocenters. The molecule has 228 valence electrons. The first-order chi connectivity index (χ1) is 19.0. The number of alkyl halides is 9. The molecule has 2 aromatic rings. The van der Waals surface area contributed by atoms with Gasteiger partial charge in [0.25, 0.3) is 6.02 Å². The second-order valence-corrected chi connectivity index (χ2v) is 11.0. The van der Waals surface area contributed by atoms with Crippen molar-refractivity contribution in [1.29, 1.82) is 0 Å². The van der Waals surface area contributed by atoms with E-state index >= 15 is 0 Å². The topological polar surface area (TPSA) is 133 Å². The van der Waals surface area contributed by atoms with Crippen LogP contribution in [-0.2, 0) is 20.4 Å². The van der Waals surface area contributed by atoms with E-state index in [0.29, 0.717) is 12.1 Å². The summed E-state index contributed by atoms with van der Waals surface area (Å²) in [5.41, 5.74) is 2.47.